The van der Waals surface area contributed by atoms with Crippen LogP contribution in [0.25, 0.3) is 10.6 Å². The summed E-state index contributed by atoms with van der Waals surface area (Å²) >= 11 is 7.00. The second-order valence-corrected chi connectivity index (χ2v) is 9.42. The molecule has 1 fully saturated rings. The van der Waals surface area contributed by atoms with Gasteiger partial charge in [0, 0.05) is 17.5 Å². The topological polar surface area (TPSA) is 72.2 Å². The second-order valence-electron chi connectivity index (χ2n) is 5.91. The van der Waals surface area contributed by atoms with Crippen LogP contribution in [0, 0.1) is 0 Å². The molecule has 2 aromatic heterocycles. The summed E-state index contributed by atoms with van der Waals surface area (Å²) in [6, 6.07) is 10.4. The average molecular weight is 395 g/mol. The van der Waals surface area contributed by atoms with Crippen LogP contribution in [0.3, 0.4) is 0 Å². The Labute approximate surface area is 154 Å². The lowest BCUT2D eigenvalue weighted by molar-refractivity contribution is 0.510. The number of rotatable bonds is 6. The number of nitrogens with zero attached hydrogens (tertiary/aromatic N) is 1. The van der Waals surface area contributed by atoms with E-state index in [0.29, 0.717) is 16.7 Å². The fraction of sp³-hybridized carbons (Fsp3) is 0.235. The van der Waals surface area contributed by atoms with Gasteiger partial charge in [0.05, 0.1) is 11.1 Å². The normalized spacial score (nSPS) is 14.8. The molecule has 2 heterocycles. The van der Waals surface area contributed by atoms with Crippen LogP contribution in [-0.4, -0.2) is 13.4 Å². The Bertz CT molecular complexity index is 989. The van der Waals surface area contributed by atoms with Gasteiger partial charge in [-0.2, -0.15) is 0 Å². The number of aromatic nitrogens is 1. The zero-order valence-electron chi connectivity index (χ0n) is 13.1. The predicted molar refractivity (Wildman–Crippen MR) is 97.3 cm³/mol. The van der Waals surface area contributed by atoms with Crippen LogP contribution in [0.15, 0.2) is 51.2 Å². The average Bonchev–Trinajstić information content (AvgIpc) is 3.12. The number of hydrogen-bond acceptors (Lipinski definition) is 5. The van der Waals surface area contributed by atoms with Gasteiger partial charge in [-0.1, -0.05) is 23.7 Å². The molecule has 1 aliphatic rings. The van der Waals surface area contributed by atoms with Gasteiger partial charge >= 0.3 is 0 Å². The largest absolute Gasteiger partial charge is 0.440 e. The van der Waals surface area contributed by atoms with E-state index >= 15 is 0 Å². The summed E-state index contributed by atoms with van der Waals surface area (Å²) in [6.45, 7) is 0.209. The maximum atomic E-state index is 12.5. The van der Waals surface area contributed by atoms with E-state index in [2.05, 4.69) is 9.71 Å². The van der Waals surface area contributed by atoms with Gasteiger partial charge in [0.1, 0.15) is 4.21 Å². The van der Waals surface area contributed by atoms with Crippen molar-refractivity contribution in [2.24, 2.45) is 0 Å². The Morgan fingerprint density at radius 3 is 2.68 bits per heavy atom. The highest BCUT2D eigenvalue weighted by atomic mass is 35.5. The quantitative estimate of drug-likeness (QED) is 0.672. The SMILES string of the molecule is O=S(=O)(NCc1ccc(Cl)cc1)c1ccc(-c2cnc(C3CC3)o2)s1. The molecule has 0 unspecified atom stereocenters. The van der Waals surface area contributed by atoms with Crippen molar-refractivity contribution in [2.75, 3.05) is 0 Å². The molecule has 1 aromatic carbocycles. The molecule has 3 aromatic rings. The summed E-state index contributed by atoms with van der Waals surface area (Å²) in [6.07, 6.45) is 3.88. The third kappa shape index (κ3) is 3.79. The monoisotopic (exact) mass is 394 g/mol. The molecule has 130 valence electrons. The number of benzene rings is 1. The lowest BCUT2D eigenvalue weighted by Crippen LogP contribution is -2.22. The molecule has 25 heavy (non-hydrogen) atoms. The third-order valence-corrected chi connectivity index (χ3v) is 7.16. The minimum atomic E-state index is -3.58. The van der Waals surface area contributed by atoms with Gasteiger partial charge in [-0.3, -0.25) is 0 Å². The van der Waals surface area contributed by atoms with Crippen molar-refractivity contribution in [3.8, 4) is 10.6 Å². The number of oxazole rings is 1. The van der Waals surface area contributed by atoms with Crippen molar-refractivity contribution in [3.05, 3.63) is 59.1 Å². The van der Waals surface area contributed by atoms with E-state index in [-0.39, 0.29) is 10.8 Å². The first-order valence-electron chi connectivity index (χ1n) is 7.81. The van der Waals surface area contributed by atoms with E-state index < -0.39 is 10.0 Å². The summed E-state index contributed by atoms with van der Waals surface area (Å²) in [5, 5.41) is 0.618. The van der Waals surface area contributed by atoms with E-state index in [0.717, 1.165) is 29.2 Å². The molecule has 0 atom stereocenters. The van der Waals surface area contributed by atoms with Crippen LogP contribution >= 0.6 is 22.9 Å². The van der Waals surface area contributed by atoms with Crippen LogP contribution in [0.5, 0.6) is 0 Å². The molecule has 0 radical (unpaired) electrons. The zero-order valence-corrected chi connectivity index (χ0v) is 15.5. The van der Waals surface area contributed by atoms with Crippen molar-refractivity contribution in [1.82, 2.24) is 9.71 Å². The maximum Gasteiger partial charge on any atom is 0.250 e. The zero-order chi connectivity index (χ0) is 17.4. The molecule has 4 rings (SSSR count). The van der Waals surface area contributed by atoms with Crippen LogP contribution < -0.4 is 4.72 Å². The minimum Gasteiger partial charge on any atom is -0.440 e. The Hall–Kier alpha value is -1.67. The van der Waals surface area contributed by atoms with Gasteiger partial charge in [-0.25, -0.2) is 18.1 Å². The molecule has 8 heteroatoms. The molecular formula is C17H15ClN2O3S2. The molecular weight excluding hydrogens is 380 g/mol. The van der Waals surface area contributed by atoms with Gasteiger partial charge in [-0.05, 0) is 42.7 Å². The molecule has 0 saturated heterocycles. The predicted octanol–water partition coefficient (Wildman–Crippen LogP) is 4.41. The first-order valence-corrected chi connectivity index (χ1v) is 10.5. The molecule has 5 nitrogen and oxygen atoms in total. The van der Waals surface area contributed by atoms with Crippen molar-refractivity contribution in [2.45, 2.75) is 29.5 Å². The molecule has 0 bridgehead atoms. The Morgan fingerprint density at radius 2 is 1.96 bits per heavy atom. The van der Waals surface area contributed by atoms with Crippen molar-refractivity contribution in [3.63, 3.8) is 0 Å². The van der Waals surface area contributed by atoms with E-state index in [1.165, 1.54) is 11.3 Å². The fourth-order valence-corrected chi connectivity index (χ4v) is 4.81. The molecule has 1 N–H and O–H groups in total. The van der Waals surface area contributed by atoms with E-state index in [4.69, 9.17) is 16.0 Å². The third-order valence-electron chi connectivity index (χ3n) is 3.92. The molecule has 1 aliphatic carbocycles. The Kier molecular flexibility index (Phi) is 4.41. The van der Waals surface area contributed by atoms with Gasteiger partial charge in [-0.15, -0.1) is 11.3 Å². The standard InChI is InChI=1S/C17H15ClN2O3S2/c18-13-5-1-11(2-6-13)9-20-25(21,22)16-8-7-15(24-16)14-10-19-17(23-14)12-3-4-12/h1-2,5-8,10,12,20H,3-4,9H2. The van der Waals surface area contributed by atoms with Gasteiger partial charge in [0.25, 0.3) is 0 Å². The van der Waals surface area contributed by atoms with Crippen LogP contribution in [0.2, 0.25) is 5.02 Å². The number of sulfonamides is 1. The van der Waals surface area contributed by atoms with Crippen LogP contribution in [-0.2, 0) is 16.6 Å². The first-order chi connectivity index (χ1) is 12.0. The summed E-state index contributed by atoms with van der Waals surface area (Å²) in [5.41, 5.74) is 0.842. The Morgan fingerprint density at radius 1 is 1.20 bits per heavy atom. The summed E-state index contributed by atoms with van der Waals surface area (Å²) in [5.74, 6) is 1.79. The van der Waals surface area contributed by atoms with E-state index in [9.17, 15) is 8.42 Å². The fourth-order valence-electron chi connectivity index (χ4n) is 2.37. The van der Waals surface area contributed by atoms with Crippen molar-refractivity contribution >= 4 is 33.0 Å². The minimum absolute atomic E-state index is 0.209. The highest BCUT2D eigenvalue weighted by Gasteiger charge is 2.29. The summed E-state index contributed by atoms with van der Waals surface area (Å²) < 4.78 is 33.5. The van der Waals surface area contributed by atoms with Crippen LogP contribution in [0.4, 0.5) is 0 Å². The van der Waals surface area contributed by atoms with Crippen molar-refractivity contribution < 1.29 is 12.8 Å². The van der Waals surface area contributed by atoms with Gasteiger partial charge in [0.15, 0.2) is 11.7 Å². The summed E-state index contributed by atoms with van der Waals surface area (Å²) in [4.78, 5) is 5.03. The number of halogens is 1. The highest BCUT2D eigenvalue weighted by molar-refractivity contribution is 7.91. The molecule has 0 amide bonds. The highest BCUT2D eigenvalue weighted by Crippen LogP contribution is 2.41. The van der Waals surface area contributed by atoms with Gasteiger partial charge in [0.2, 0.25) is 10.0 Å². The molecule has 1 saturated carbocycles. The first kappa shape index (κ1) is 16.8. The molecule has 0 aliphatic heterocycles. The maximum absolute atomic E-state index is 12.5. The van der Waals surface area contributed by atoms with E-state index in [1.807, 2.05) is 0 Å². The lowest BCUT2D eigenvalue weighted by atomic mass is 10.2. The second kappa shape index (κ2) is 6.57. The van der Waals surface area contributed by atoms with E-state index in [1.54, 1.807) is 42.6 Å². The number of thiophene rings is 1. The van der Waals surface area contributed by atoms with Gasteiger partial charge < -0.3 is 4.42 Å². The summed E-state index contributed by atoms with van der Waals surface area (Å²) in [7, 11) is -3.58. The van der Waals surface area contributed by atoms with Crippen LogP contribution in [0.1, 0.15) is 30.2 Å². The number of nitrogens with one attached hydrogen (secondary N) is 1. The smallest absolute Gasteiger partial charge is 0.250 e. The number of hydrogen-bond donors (Lipinski definition) is 1. The lowest BCUT2D eigenvalue weighted by Gasteiger charge is -2.05. The Balaban J connectivity index is 1.48. The molecule has 0 spiro atoms. The van der Waals surface area contributed by atoms with Crippen molar-refractivity contribution in [1.29, 1.82) is 0 Å².